The van der Waals surface area contributed by atoms with Crippen LogP contribution in [-0.4, -0.2) is 18.4 Å². The summed E-state index contributed by atoms with van der Waals surface area (Å²) >= 11 is 0. The number of rotatable bonds is 4. The molecule has 2 N–H and O–H groups in total. The quantitative estimate of drug-likeness (QED) is 0.582. The lowest BCUT2D eigenvalue weighted by atomic mass is 10.1. The third kappa shape index (κ3) is 3.44. The number of amides is 2. The van der Waals surface area contributed by atoms with Crippen LogP contribution in [0.2, 0.25) is 0 Å². The summed E-state index contributed by atoms with van der Waals surface area (Å²) in [7, 11) is 0. The van der Waals surface area contributed by atoms with E-state index in [-0.39, 0.29) is 18.0 Å². The van der Waals surface area contributed by atoms with E-state index in [1.165, 1.54) is 34.9 Å². The molecule has 0 fully saturated rings. The van der Waals surface area contributed by atoms with Crippen LogP contribution in [-0.2, 0) is 11.2 Å². The van der Waals surface area contributed by atoms with E-state index in [1.807, 2.05) is 30.3 Å². The second-order valence-electron chi connectivity index (χ2n) is 6.42. The molecule has 0 saturated heterocycles. The average molecular weight is 360 g/mol. The minimum atomic E-state index is -0.619. The molecule has 1 aliphatic carbocycles. The van der Waals surface area contributed by atoms with Gasteiger partial charge < -0.3 is 10.6 Å². The highest BCUT2D eigenvalue weighted by Gasteiger charge is 2.18. The number of halogens is 1. The molecule has 0 saturated carbocycles. The first-order valence-corrected chi connectivity index (χ1v) is 8.65. The zero-order chi connectivity index (χ0) is 18.8. The molecule has 0 unspecified atom stereocenters. The Balaban J connectivity index is 1.41. The smallest absolute Gasteiger partial charge is 0.254 e. The third-order valence-electron chi connectivity index (χ3n) is 4.61. The monoisotopic (exact) mass is 360 g/mol. The second-order valence-corrected chi connectivity index (χ2v) is 6.42. The van der Waals surface area contributed by atoms with Crippen molar-refractivity contribution in [3.8, 4) is 11.1 Å². The molecule has 0 radical (unpaired) electrons. The van der Waals surface area contributed by atoms with Crippen LogP contribution < -0.4 is 10.6 Å². The molecule has 5 heteroatoms. The number of anilines is 1. The lowest BCUT2D eigenvalue weighted by Crippen LogP contribution is -2.33. The van der Waals surface area contributed by atoms with Crippen molar-refractivity contribution in [2.45, 2.75) is 6.42 Å². The van der Waals surface area contributed by atoms with Gasteiger partial charge in [0.05, 0.1) is 12.1 Å². The number of benzene rings is 3. The first-order chi connectivity index (χ1) is 13.1. The summed E-state index contributed by atoms with van der Waals surface area (Å²) < 4.78 is 13.6. The highest BCUT2D eigenvalue weighted by molar-refractivity contribution is 5.99. The molecule has 1 aliphatic rings. The van der Waals surface area contributed by atoms with Crippen LogP contribution in [0.4, 0.5) is 10.1 Å². The molecule has 0 spiro atoms. The zero-order valence-corrected chi connectivity index (χ0v) is 14.5. The van der Waals surface area contributed by atoms with Crippen LogP contribution in [0, 0.1) is 5.82 Å². The number of carbonyl (C=O) groups excluding carboxylic acids is 2. The van der Waals surface area contributed by atoms with Crippen molar-refractivity contribution in [3.63, 3.8) is 0 Å². The lowest BCUT2D eigenvalue weighted by Gasteiger charge is -2.09. The highest BCUT2D eigenvalue weighted by atomic mass is 19.1. The van der Waals surface area contributed by atoms with Crippen molar-refractivity contribution in [3.05, 3.63) is 89.2 Å². The Morgan fingerprint density at radius 1 is 0.889 bits per heavy atom. The average Bonchev–Trinajstić information content (AvgIpc) is 3.04. The van der Waals surface area contributed by atoms with Crippen molar-refractivity contribution in [2.75, 3.05) is 11.9 Å². The van der Waals surface area contributed by atoms with Crippen LogP contribution in [0.15, 0.2) is 66.7 Å². The summed E-state index contributed by atoms with van der Waals surface area (Å²) in [5.74, 6) is -1.61. The molecule has 0 heterocycles. The predicted molar refractivity (Wildman–Crippen MR) is 102 cm³/mol. The molecule has 0 bridgehead atoms. The van der Waals surface area contributed by atoms with Crippen molar-refractivity contribution >= 4 is 17.5 Å². The van der Waals surface area contributed by atoms with Crippen LogP contribution >= 0.6 is 0 Å². The van der Waals surface area contributed by atoms with E-state index in [9.17, 15) is 14.0 Å². The lowest BCUT2D eigenvalue weighted by molar-refractivity contribution is -0.115. The summed E-state index contributed by atoms with van der Waals surface area (Å²) in [5, 5.41) is 5.21. The van der Waals surface area contributed by atoms with E-state index in [4.69, 9.17) is 0 Å². The predicted octanol–water partition coefficient (Wildman–Crippen LogP) is 3.77. The molecule has 4 rings (SSSR count). The molecule has 4 nitrogen and oxygen atoms in total. The van der Waals surface area contributed by atoms with E-state index in [0.29, 0.717) is 5.69 Å². The van der Waals surface area contributed by atoms with Gasteiger partial charge in [-0.3, -0.25) is 9.59 Å². The largest absolute Gasteiger partial charge is 0.343 e. The van der Waals surface area contributed by atoms with Gasteiger partial charge in [-0.05, 0) is 52.9 Å². The molecule has 0 aromatic heterocycles. The molecule has 134 valence electrons. The van der Waals surface area contributed by atoms with Crippen molar-refractivity contribution in [1.82, 2.24) is 5.32 Å². The highest BCUT2D eigenvalue weighted by Crippen LogP contribution is 2.37. The van der Waals surface area contributed by atoms with E-state index in [1.54, 1.807) is 6.07 Å². The van der Waals surface area contributed by atoms with Crippen molar-refractivity contribution in [1.29, 1.82) is 0 Å². The molecular formula is C22H17FN2O2. The molecule has 3 aromatic carbocycles. The van der Waals surface area contributed by atoms with Crippen LogP contribution in [0.3, 0.4) is 0 Å². The summed E-state index contributed by atoms with van der Waals surface area (Å²) in [6, 6.07) is 19.6. The van der Waals surface area contributed by atoms with E-state index >= 15 is 0 Å². The maximum absolute atomic E-state index is 13.6. The first kappa shape index (κ1) is 17.0. The number of hydrogen-bond acceptors (Lipinski definition) is 2. The minimum Gasteiger partial charge on any atom is -0.343 e. The maximum atomic E-state index is 13.6. The van der Waals surface area contributed by atoms with Crippen molar-refractivity contribution in [2.24, 2.45) is 0 Å². The first-order valence-electron chi connectivity index (χ1n) is 8.65. The summed E-state index contributed by atoms with van der Waals surface area (Å²) in [4.78, 5) is 24.1. The number of hydrogen-bond donors (Lipinski definition) is 2. The Morgan fingerprint density at radius 2 is 1.63 bits per heavy atom. The van der Waals surface area contributed by atoms with Crippen molar-refractivity contribution < 1.29 is 14.0 Å². The van der Waals surface area contributed by atoms with E-state index in [2.05, 4.69) is 22.8 Å². The molecule has 3 aromatic rings. The van der Waals surface area contributed by atoms with Gasteiger partial charge in [-0.15, -0.1) is 0 Å². The Labute approximate surface area is 156 Å². The fourth-order valence-corrected chi connectivity index (χ4v) is 3.31. The molecule has 2 amide bonds. The van der Waals surface area contributed by atoms with Gasteiger partial charge in [0.15, 0.2) is 0 Å². The maximum Gasteiger partial charge on any atom is 0.254 e. The topological polar surface area (TPSA) is 58.2 Å². The van der Waals surface area contributed by atoms with Gasteiger partial charge in [0.25, 0.3) is 5.91 Å². The fourth-order valence-electron chi connectivity index (χ4n) is 3.31. The van der Waals surface area contributed by atoms with Gasteiger partial charge in [-0.2, -0.15) is 0 Å². The third-order valence-corrected chi connectivity index (χ3v) is 4.61. The van der Waals surface area contributed by atoms with Gasteiger partial charge in [0.2, 0.25) is 5.91 Å². The standard InChI is InChI=1S/C22H17FN2O2/c23-20-8-4-3-7-18(20)22(27)24-13-21(26)25-16-10-9-15-11-14-5-1-2-6-17(14)19(15)12-16/h1-10,12H,11,13H2,(H,24,27)(H,25,26). The van der Waals surface area contributed by atoms with Gasteiger partial charge in [0, 0.05) is 5.69 Å². The van der Waals surface area contributed by atoms with Gasteiger partial charge >= 0.3 is 0 Å². The van der Waals surface area contributed by atoms with Crippen LogP contribution in [0.5, 0.6) is 0 Å². The van der Waals surface area contributed by atoms with Crippen LogP contribution in [0.1, 0.15) is 21.5 Å². The fraction of sp³-hybridized carbons (Fsp3) is 0.0909. The minimum absolute atomic E-state index is 0.0839. The summed E-state index contributed by atoms with van der Waals surface area (Å²) in [6.45, 7) is -0.235. The number of nitrogens with one attached hydrogen (secondary N) is 2. The molecule has 27 heavy (non-hydrogen) atoms. The SMILES string of the molecule is O=C(CNC(=O)c1ccccc1F)Nc1ccc2c(c1)-c1ccccc1C2. The summed E-state index contributed by atoms with van der Waals surface area (Å²) in [5.41, 5.74) is 5.36. The molecular weight excluding hydrogens is 343 g/mol. The Kier molecular flexibility index (Phi) is 4.42. The van der Waals surface area contributed by atoms with Gasteiger partial charge in [-0.1, -0.05) is 42.5 Å². The van der Waals surface area contributed by atoms with E-state index < -0.39 is 11.7 Å². The Hall–Kier alpha value is -3.47. The van der Waals surface area contributed by atoms with Gasteiger partial charge in [0.1, 0.15) is 5.82 Å². The Bertz CT molecular complexity index is 1050. The Morgan fingerprint density at radius 3 is 2.48 bits per heavy atom. The van der Waals surface area contributed by atoms with Gasteiger partial charge in [-0.25, -0.2) is 4.39 Å². The van der Waals surface area contributed by atoms with Crippen LogP contribution in [0.25, 0.3) is 11.1 Å². The number of fused-ring (bicyclic) bond motifs is 3. The number of carbonyl (C=O) groups is 2. The summed E-state index contributed by atoms with van der Waals surface area (Å²) in [6.07, 6.45) is 0.887. The molecule has 0 atom stereocenters. The van der Waals surface area contributed by atoms with E-state index in [0.717, 1.165) is 12.0 Å². The zero-order valence-electron chi connectivity index (χ0n) is 14.5. The molecule has 0 aliphatic heterocycles. The normalized spacial score (nSPS) is 11.4. The second kappa shape index (κ2) is 7.03.